The average molecular weight is 410 g/mol. The fraction of sp³-hybridized carbons (Fsp3) is 0.381. The van der Waals surface area contributed by atoms with E-state index in [-0.39, 0.29) is 5.91 Å². The maximum Gasteiger partial charge on any atom is 0.274 e. The van der Waals surface area contributed by atoms with Crippen molar-refractivity contribution in [2.45, 2.75) is 12.8 Å². The van der Waals surface area contributed by atoms with Crippen molar-refractivity contribution in [3.63, 3.8) is 0 Å². The third-order valence-corrected chi connectivity index (χ3v) is 6.44. The molecule has 1 N–H and O–H groups in total. The summed E-state index contributed by atoms with van der Waals surface area (Å²) in [5.41, 5.74) is 3.21. The molecule has 2 aromatic heterocycles. The van der Waals surface area contributed by atoms with Crippen LogP contribution < -0.4 is 15.1 Å². The van der Waals surface area contributed by atoms with Gasteiger partial charge in [-0.1, -0.05) is 11.3 Å². The number of carbonyl (C=O) groups excluding carboxylic acids is 1. The van der Waals surface area contributed by atoms with Crippen molar-refractivity contribution in [3.05, 3.63) is 42.2 Å². The van der Waals surface area contributed by atoms with Gasteiger partial charge in [-0.3, -0.25) is 9.78 Å². The number of aromatic nitrogens is 2. The zero-order valence-electron chi connectivity index (χ0n) is 16.1. The second-order valence-corrected chi connectivity index (χ2v) is 8.34. The van der Waals surface area contributed by atoms with E-state index in [0.717, 1.165) is 66.1 Å². The molecule has 3 aromatic rings. The SMILES string of the molecule is O=C(Nc1ccc2nc(N3CCOCC3)sc2c1)c1cc(N2CCCC2)ccn1. The smallest absolute Gasteiger partial charge is 0.274 e. The molecule has 0 spiro atoms. The minimum Gasteiger partial charge on any atom is -0.378 e. The number of hydrogen-bond donors (Lipinski definition) is 1. The highest BCUT2D eigenvalue weighted by molar-refractivity contribution is 7.22. The van der Waals surface area contributed by atoms with Gasteiger partial charge >= 0.3 is 0 Å². The van der Waals surface area contributed by atoms with Crippen LogP contribution in [-0.4, -0.2) is 55.3 Å². The van der Waals surface area contributed by atoms with Crippen molar-refractivity contribution in [3.8, 4) is 0 Å². The Balaban J connectivity index is 1.33. The Kier molecular flexibility index (Phi) is 5.03. The molecule has 2 saturated heterocycles. The van der Waals surface area contributed by atoms with Crippen molar-refractivity contribution in [1.82, 2.24) is 9.97 Å². The van der Waals surface area contributed by atoms with Crippen molar-refractivity contribution >= 4 is 44.0 Å². The second kappa shape index (κ2) is 7.96. The highest BCUT2D eigenvalue weighted by Crippen LogP contribution is 2.31. The number of thiazole rings is 1. The van der Waals surface area contributed by atoms with Crippen LogP contribution in [0.5, 0.6) is 0 Å². The molecule has 4 heterocycles. The third-order valence-electron chi connectivity index (χ3n) is 5.36. The summed E-state index contributed by atoms with van der Waals surface area (Å²) in [6.45, 7) is 5.28. The van der Waals surface area contributed by atoms with Crippen molar-refractivity contribution < 1.29 is 9.53 Å². The summed E-state index contributed by atoms with van der Waals surface area (Å²) in [6, 6.07) is 9.69. The molecule has 5 rings (SSSR count). The van der Waals surface area contributed by atoms with Crippen LogP contribution in [0, 0.1) is 0 Å². The maximum atomic E-state index is 12.7. The number of rotatable bonds is 4. The molecular weight excluding hydrogens is 386 g/mol. The lowest BCUT2D eigenvalue weighted by Gasteiger charge is -2.25. The molecule has 1 aromatic carbocycles. The molecule has 150 valence electrons. The molecule has 0 atom stereocenters. The van der Waals surface area contributed by atoms with Gasteiger partial charge in [-0.05, 0) is 43.2 Å². The number of morpholine rings is 1. The second-order valence-electron chi connectivity index (χ2n) is 7.33. The fourth-order valence-electron chi connectivity index (χ4n) is 3.79. The van der Waals surface area contributed by atoms with Crippen molar-refractivity contribution in [1.29, 1.82) is 0 Å². The summed E-state index contributed by atoms with van der Waals surface area (Å²) in [7, 11) is 0. The van der Waals surface area contributed by atoms with Gasteiger partial charge in [-0.25, -0.2) is 4.98 Å². The number of pyridine rings is 1. The first-order valence-corrected chi connectivity index (χ1v) is 10.8. The van der Waals surface area contributed by atoms with Gasteiger partial charge in [0.2, 0.25) is 0 Å². The van der Waals surface area contributed by atoms with E-state index in [4.69, 9.17) is 9.72 Å². The number of hydrogen-bond acceptors (Lipinski definition) is 7. The zero-order valence-corrected chi connectivity index (χ0v) is 17.0. The normalized spacial score (nSPS) is 17.1. The molecule has 2 fully saturated rings. The summed E-state index contributed by atoms with van der Waals surface area (Å²) in [4.78, 5) is 26.3. The summed E-state index contributed by atoms with van der Waals surface area (Å²) in [6.07, 6.45) is 4.11. The average Bonchev–Trinajstić information content (AvgIpc) is 3.44. The molecule has 2 aliphatic heterocycles. The molecule has 0 aliphatic carbocycles. The standard InChI is InChI=1S/C21H23N5O2S/c27-20(18-14-16(5-6-22-18)25-7-1-2-8-25)23-15-3-4-17-19(13-15)29-21(24-17)26-9-11-28-12-10-26/h3-6,13-14H,1-2,7-12H2,(H,23,27). The maximum absolute atomic E-state index is 12.7. The number of benzene rings is 1. The Hall–Kier alpha value is -2.71. The molecule has 2 aliphatic rings. The first-order valence-electron chi connectivity index (χ1n) is 10.0. The monoisotopic (exact) mass is 409 g/mol. The van der Waals surface area contributed by atoms with Gasteiger partial charge in [0, 0.05) is 43.8 Å². The van der Waals surface area contributed by atoms with Gasteiger partial charge < -0.3 is 19.9 Å². The highest BCUT2D eigenvalue weighted by Gasteiger charge is 2.17. The summed E-state index contributed by atoms with van der Waals surface area (Å²) in [5, 5.41) is 3.99. The lowest BCUT2D eigenvalue weighted by Crippen LogP contribution is -2.36. The predicted molar refractivity (Wildman–Crippen MR) is 116 cm³/mol. The van der Waals surface area contributed by atoms with Crippen LogP contribution in [0.3, 0.4) is 0 Å². The van der Waals surface area contributed by atoms with E-state index in [2.05, 4.69) is 20.1 Å². The van der Waals surface area contributed by atoms with Gasteiger partial charge in [0.05, 0.1) is 23.4 Å². The number of fused-ring (bicyclic) bond motifs is 1. The number of anilines is 3. The Labute approximate surface area is 173 Å². The lowest BCUT2D eigenvalue weighted by molar-refractivity contribution is 0.102. The van der Waals surface area contributed by atoms with E-state index in [1.54, 1.807) is 17.5 Å². The summed E-state index contributed by atoms with van der Waals surface area (Å²) >= 11 is 1.65. The van der Waals surface area contributed by atoms with Gasteiger partial charge in [0.15, 0.2) is 5.13 Å². The first-order chi connectivity index (χ1) is 14.3. The van der Waals surface area contributed by atoms with Crippen LogP contribution >= 0.6 is 11.3 Å². The number of ether oxygens (including phenoxy) is 1. The van der Waals surface area contributed by atoms with Crippen molar-refractivity contribution in [2.75, 3.05) is 54.5 Å². The number of nitrogens with zero attached hydrogens (tertiary/aromatic N) is 4. The molecule has 1 amide bonds. The zero-order chi connectivity index (χ0) is 19.6. The van der Waals surface area contributed by atoms with Gasteiger partial charge in [0.25, 0.3) is 5.91 Å². The van der Waals surface area contributed by atoms with Gasteiger partial charge in [-0.2, -0.15) is 0 Å². The molecule has 7 nitrogen and oxygen atoms in total. The number of nitrogens with one attached hydrogen (secondary N) is 1. The van der Waals surface area contributed by atoms with E-state index >= 15 is 0 Å². The van der Waals surface area contributed by atoms with Crippen LogP contribution in [0.1, 0.15) is 23.3 Å². The van der Waals surface area contributed by atoms with E-state index in [1.165, 1.54) is 12.8 Å². The first kappa shape index (κ1) is 18.3. The van der Waals surface area contributed by atoms with Gasteiger partial charge in [0.1, 0.15) is 5.69 Å². The minimum absolute atomic E-state index is 0.191. The van der Waals surface area contributed by atoms with Gasteiger partial charge in [-0.15, -0.1) is 0 Å². The molecule has 0 bridgehead atoms. The molecular formula is C21H23N5O2S. The van der Waals surface area contributed by atoms with Crippen LogP contribution in [0.25, 0.3) is 10.2 Å². The van der Waals surface area contributed by atoms with E-state index < -0.39 is 0 Å². The molecule has 0 unspecified atom stereocenters. The molecule has 8 heteroatoms. The van der Waals surface area contributed by atoms with Crippen LogP contribution in [0.15, 0.2) is 36.5 Å². The Morgan fingerprint density at radius 1 is 1.03 bits per heavy atom. The van der Waals surface area contributed by atoms with E-state index in [1.807, 2.05) is 30.3 Å². The molecule has 29 heavy (non-hydrogen) atoms. The van der Waals surface area contributed by atoms with E-state index in [0.29, 0.717) is 5.69 Å². The molecule has 0 saturated carbocycles. The van der Waals surface area contributed by atoms with Crippen LogP contribution in [-0.2, 0) is 4.74 Å². The summed E-state index contributed by atoms with van der Waals surface area (Å²) < 4.78 is 6.48. The summed E-state index contributed by atoms with van der Waals surface area (Å²) in [5.74, 6) is -0.191. The number of amides is 1. The van der Waals surface area contributed by atoms with E-state index in [9.17, 15) is 4.79 Å². The quantitative estimate of drug-likeness (QED) is 0.712. The Morgan fingerprint density at radius 3 is 2.69 bits per heavy atom. The Bertz CT molecular complexity index is 1020. The Morgan fingerprint density at radius 2 is 1.86 bits per heavy atom. The van der Waals surface area contributed by atoms with Crippen molar-refractivity contribution in [2.24, 2.45) is 0 Å². The highest BCUT2D eigenvalue weighted by atomic mass is 32.1. The number of carbonyl (C=O) groups is 1. The fourth-order valence-corrected chi connectivity index (χ4v) is 4.85. The minimum atomic E-state index is -0.191. The predicted octanol–water partition coefficient (Wildman–Crippen LogP) is 3.38. The largest absolute Gasteiger partial charge is 0.378 e. The topological polar surface area (TPSA) is 70.6 Å². The van der Waals surface area contributed by atoms with Crippen LogP contribution in [0.2, 0.25) is 0 Å². The lowest BCUT2D eigenvalue weighted by atomic mass is 10.2. The third kappa shape index (κ3) is 3.90. The molecule has 0 radical (unpaired) electrons. The van der Waals surface area contributed by atoms with Crippen LogP contribution in [0.4, 0.5) is 16.5 Å².